The second kappa shape index (κ2) is 8.20. The maximum absolute atomic E-state index is 3.96. The fourth-order valence-corrected chi connectivity index (χ4v) is 2.32. The Labute approximate surface area is 124 Å². The van der Waals surface area contributed by atoms with Crippen molar-refractivity contribution in [1.82, 2.24) is 15.1 Å². The molecule has 1 aliphatic heterocycles. The lowest BCUT2D eigenvalue weighted by Crippen LogP contribution is -2.50. The lowest BCUT2D eigenvalue weighted by atomic mass is 9.97. The summed E-state index contributed by atoms with van der Waals surface area (Å²) in [5.74, 6) is 0.555. The third-order valence-electron chi connectivity index (χ3n) is 3.42. The molecule has 1 aromatic rings. The molecular formula is C17H29N3. The van der Waals surface area contributed by atoms with Gasteiger partial charge in [-0.25, -0.2) is 0 Å². The topological polar surface area (TPSA) is 18.5 Å². The van der Waals surface area contributed by atoms with E-state index in [1.54, 1.807) is 0 Å². The number of hydrogen-bond acceptors (Lipinski definition) is 3. The summed E-state index contributed by atoms with van der Waals surface area (Å²) >= 11 is 0. The van der Waals surface area contributed by atoms with Gasteiger partial charge < -0.3 is 5.32 Å². The lowest BCUT2D eigenvalue weighted by Gasteiger charge is -2.36. The van der Waals surface area contributed by atoms with Crippen LogP contribution in [0.4, 0.5) is 0 Å². The predicted molar refractivity (Wildman–Crippen MR) is 88.8 cm³/mol. The summed E-state index contributed by atoms with van der Waals surface area (Å²) < 4.78 is 0. The third kappa shape index (κ3) is 5.45. The molecule has 20 heavy (non-hydrogen) atoms. The van der Waals surface area contributed by atoms with Crippen LogP contribution in [0.25, 0.3) is 5.57 Å². The molecule has 112 valence electrons. The number of benzene rings is 1. The van der Waals surface area contributed by atoms with Crippen molar-refractivity contribution in [2.24, 2.45) is 0 Å². The molecular weight excluding hydrogens is 246 g/mol. The summed E-state index contributed by atoms with van der Waals surface area (Å²) in [6.45, 7) is 11.5. The molecule has 0 aromatic heterocycles. The highest BCUT2D eigenvalue weighted by Crippen LogP contribution is 2.19. The van der Waals surface area contributed by atoms with Crippen molar-refractivity contribution < 1.29 is 0 Å². The summed E-state index contributed by atoms with van der Waals surface area (Å²) in [4.78, 5) is 4.50. The Morgan fingerprint density at radius 1 is 1.30 bits per heavy atom. The first-order valence-electron chi connectivity index (χ1n) is 7.21. The van der Waals surface area contributed by atoms with Crippen LogP contribution in [0.3, 0.4) is 0 Å². The fraction of sp³-hybridized carbons (Fsp3) is 0.529. The number of rotatable bonds is 4. The average Bonchev–Trinajstić information content (AvgIpc) is 2.38. The summed E-state index contributed by atoms with van der Waals surface area (Å²) in [5.41, 5.74) is 3.74. The molecule has 0 bridgehead atoms. The zero-order valence-corrected chi connectivity index (χ0v) is 13.6. The van der Waals surface area contributed by atoms with Gasteiger partial charge in [-0.3, -0.25) is 9.80 Å². The maximum Gasteiger partial charge on any atom is 0.0523 e. The molecule has 3 nitrogen and oxygen atoms in total. The molecule has 0 aliphatic carbocycles. The van der Waals surface area contributed by atoms with Crippen LogP contribution in [0.15, 0.2) is 30.8 Å². The summed E-state index contributed by atoms with van der Waals surface area (Å²) in [6.07, 6.45) is 0. The van der Waals surface area contributed by atoms with Crippen molar-refractivity contribution in [2.75, 3.05) is 41.0 Å². The van der Waals surface area contributed by atoms with E-state index < -0.39 is 0 Å². The molecule has 1 fully saturated rings. The minimum absolute atomic E-state index is 0.555. The number of nitrogens with one attached hydrogen (secondary N) is 1. The average molecular weight is 275 g/mol. The number of likely N-dealkylation sites (N-methyl/N-ethyl adjacent to an activating group) is 1. The monoisotopic (exact) mass is 275 g/mol. The Hall–Kier alpha value is -1.16. The van der Waals surface area contributed by atoms with Crippen LogP contribution in [0.5, 0.6) is 0 Å². The van der Waals surface area contributed by atoms with Crippen molar-refractivity contribution in [3.63, 3.8) is 0 Å². The molecule has 1 atom stereocenters. The van der Waals surface area contributed by atoms with E-state index in [0.29, 0.717) is 5.92 Å². The van der Waals surface area contributed by atoms with E-state index in [0.717, 1.165) is 25.5 Å². The minimum Gasteiger partial charge on any atom is -0.319 e. The van der Waals surface area contributed by atoms with Crippen molar-refractivity contribution in [1.29, 1.82) is 0 Å². The van der Waals surface area contributed by atoms with Gasteiger partial charge in [0, 0.05) is 6.54 Å². The minimum atomic E-state index is 0.555. The van der Waals surface area contributed by atoms with Crippen LogP contribution in [-0.2, 0) is 0 Å². The van der Waals surface area contributed by atoms with Crippen LogP contribution in [0, 0.1) is 0 Å². The van der Waals surface area contributed by atoms with Gasteiger partial charge >= 0.3 is 0 Å². The molecule has 2 rings (SSSR count). The Morgan fingerprint density at radius 2 is 1.90 bits per heavy atom. The Kier molecular flexibility index (Phi) is 6.93. The van der Waals surface area contributed by atoms with E-state index in [1.165, 1.54) is 11.1 Å². The Bertz CT molecular complexity index is 416. The SMILES string of the molecule is C=C(C)c1cccc(C(C)CNC)c1.CN1CN(C)C1. The van der Waals surface area contributed by atoms with Crippen molar-refractivity contribution in [3.05, 3.63) is 42.0 Å². The molecule has 0 saturated carbocycles. The van der Waals surface area contributed by atoms with E-state index in [9.17, 15) is 0 Å². The molecule has 1 aromatic carbocycles. The molecule has 1 heterocycles. The first kappa shape index (κ1) is 16.9. The van der Waals surface area contributed by atoms with E-state index in [1.807, 2.05) is 14.0 Å². The number of nitrogens with zero attached hydrogens (tertiary/aromatic N) is 2. The molecule has 1 N–H and O–H groups in total. The van der Waals surface area contributed by atoms with Crippen molar-refractivity contribution in [3.8, 4) is 0 Å². The second-order valence-corrected chi connectivity index (χ2v) is 5.86. The number of allylic oxidation sites excluding steroid dienone is 1. The lowest BCUT2D eigenvalue weighted by molar-refractivity contribution is 0.0149. The Balaban J connectivity index is 0.000000276. The molecule has 0 spiro atoms. The van der Waals surface area contributed by atoms with Gasteiger partial charge in [0.2, 0.25) is 0 Å². The molecule has 1 aliphatic rings. The first-order valence-corrected chi connectivity index (χ1v) is 7.21. The van der Waals surface area contributed by atoms with Crippen LogP contribution in [0.1, 0.15) is 30.9 Å². The zero-order valence-electron chi connectivity index (χ0n) is 13.6. The zero-order chi connectivity index (χ0) is 15.1. The van der Waals surface area contributed by atoms with E-state index in [4.69, 9.17) is 0 Å². The number of hydrogen-bond donors (Lipinski definition) is 1. The van der Waals surface area contributed by atoms with Gasteiger partial charge in [0.25, 0.3) is 0 Å². The molecule has 1 unspecified atom stereocenters. The third-order valence-corrected chi connectivity index (χ3v) is 3.42. The Morgan fingerprint density at radius 3 is 2.30 bits per heavy atom. The van der Waals surface area contributed by atoms with E-state index in [2.05, 4.69) is 67.0 Å². The van der Waals surface area contributed by atoms with Crippen molar-refractivity contribution in [2.45, 2.75) is 19.8 Å². The quantitative estimate of drug-likeness (QED) is 0.911. The van der Waals surface area contributed by atoms with E-state index in [-0.39, 0.29) is 0 Å². The first-order chi connectivity index (χ1) is 9.43. The molecule has 0 amide bonds. The molecule has 1 saturated heterocycles. The largest absolute Gasteiger partial charge is 0.319 e. The van der Waals surface area contributed by atoms with Crippen LogP contribution >= 0.6 is 0 Å². The summed E-state index contributed by atoms with van der Waals surface area (Å²) in [7, 11) is 6.21. The van der Waals surface area contributed by atoms with Gasteiger partial charge in [-0.2, -0.15) is 0 Å². The fourth-order valence-electron chi connectivity index (χ4n) is 2.32. The van der Waals surface area contributed by atoms with Crippen LogP contribution in [-0.4, -0.2) is 50.8 Å². The summed E-state index contributed by atoms with van der Waals surface area (Å²) in [5, 5.41) is 3.19. The standard InChI is InChI=1S/C13H19N.C4H10N2/c1-10(2)12-6-5-7-13(8-12)11(3)9-14-4;1-5-3-6(2)4-5/h5-8,11,14H,1,9H2,2-4H3;3-4H2,1-2H3. The smallest absolute Gasteiger partial charge is 0.0523 e. The maximum atomic E-state index is 3.96. The van der Waals surface area contributed by atoms with Gasteiger partial charge in [0.05, 0.1) is 13.3 Å². The summed E-state index contributed by atoms with van der Waals surface area (Å²) in [6, 6.07) is 8.61. The van der Waals surface area contributed by atoms with Gasteiger partial charge in [-0.1, -0.05) is 43.3 Å². The second-order valence-electron chi connectivity index (χ2n) is 5.86. The molecule has 3 heteroatoms. The van der Waals surface area contributed by atoms with Crippen molar-refractivity contribution >= 4 is 5.57 Å². The van der Waals surface area contributed by atoms with Gasteiger partial charge in [-0.15, -0.1) is 0 Å². The highest BCUT2D eigenvalue weighted by Gasteiger charge is 2.12. The van der Waals surface area contributed by atoms with Crippen LogP contribution < -0.4 is 5.32 Å². The van der Waals surface area contributed by atoms with Crippen LogP contribution in [0.2, 0.25) is 0 Å². The normalized spacial score (nSPS) is 16.9. The molecule has 0 radical (unpaired) electrons. The highest BCUT2D eigenvalue weighted by molar-refractivity contribution is 5.61. The van der Waals surface area contributed by atoms with Gasteiger partial charge in [0.1, 0.15) is 0 Å². The van der Waals surface area contributed by atoms with E-state index >= 15 is 0 Å². The highest BCUT2D eigenvalue weighted by atomic mass is 15.5. The van der Waals surface area contributed by atoms with Gasteiger partial charge in [-0.05, 0) is 45.1 Å². The van der Waals surface area contributed by atoms with Gasteiger partial charge in [0.15, 0.2) is 0 Å². The predicted octanol–water partition coefficient (Wildman–Crippen LogP) is 2.82.